The van der Waals surface area contributed by atoms with Gasteiger partial charge in [-0.2, -0.15) is 0 Å². The second-order valence-corrected chi connectivity index (χ2v) is 4.75. The van der Waals surface area contributed by atoms with Gasteiger partial charge in [-0.05, 0) is 24.5 Å². The van der Waals surface area contributed by atoms with Crippen molar-refractivity contribution in [3.8, 4) is 0 Å². The highest BCUT2D eigenvalue weighted by Crippen LogP contribution is 2.29. The number of rotatable bonds is 2. The number of anilines is 1. The Labute approximate surface area is 97.9 Å². The van der Waals surface area contributed by atoms with E-state index in [0.29, 0.717) is 5.92 Å². The lowest BCUT2D eigenvalue weighted by molar-refractivity contribution is 0.319. The zero-order chi connectivity index (χ0) is 11.5. The van der Waals surface area contributed by atoms with Gasteiger partial charge >= 0.3 is 0 Å². The Balaban J connectivity index is 2.26. The molecule has 0 unspecified atom stereocenters. The second kappa shape index (κ2) is 4.71. The molecule has 1 aromatic carbocycles. The minimum atomic E-state index is 0.677. The van der Waals surface area contributed by atoms with Crippen LogP contribution in [-0.4, -0.2) is 18.1 Å². The fraction of sp³-hybridized carbons (Fsp3) is 0.429. The molecule has 0 saturated heterocycles. The van der Waals surface area contributed by atoms with Crippen molar-refractivity contribution in [3.05, 3.63) is 35.9 Å². The minimum absolute atomic E-state index is 0.677. The minimum Gasteiger partial charge on any atom is -0.318 e. The average Bonchev–Trinajstić information content (AvgIpc) is 2.27. The molecule has 1 aromatic rings. The quantitative estimate of drug-likeness (QED) is 0.815. The largest absolute Gasteiger partial charge is 0.318 e. The van der Waals surface area contributed by atoms with E-state index in [0.717, 1.165) is 13.1 Å². The summed E-state index contributed by atoms with van der Waals surface area (Å²) in [6, 6.07) is 8.51. The molecule has 0 amide bonds. The maximum Gasteiger partial charge on any atom is 0.0565 e. The van der Waals surface area contributed by atoms with E-state index in [4.69, 9.17) is 0 Å². The number of nitrogens with zero attached hydrogens (tertiary/aromatic N) is 1. The maximum absolute atomic E-state index is 3.49. The van der Waals surface area contributed by atoms with Gasteiger partial charge < -0.3 is 5.43 Å². The first-order chi connectivity index (χ1) is 7.70. The lowest BCUT2D eigenvalue weighted by Gasteiger charge is -2.33. The fourth-order valence-corrected chi connectivity index (χ4v) is 2.16. The lowest BCUT2D eigenvalue weighted by Crippen LogP contribution is -2.37. The van der Waals surface area contributed by atoms with Gasteiger partial charge in [-0.3, -0.25) is 0 Å². The Kier molecular flexibility index (Phi) is 3.30. The number of para-hydroxylation sites is 1. The summed E-state index contributed by atoms with van der Waals surface area (Å²) in [6.45, 7) is 8.68. The summed E-state index contributed by atoms with van der Waals surface area (Å²) in [5.74, 6) is 0.677. The van der Waals surface area contributed by atoms with Crippen LogP contribution in [0, 0.1) is 5.92 Å². The van der Waals surface area contributed by atoms with Crippen LogP contribution >= 0.6 is 0 Å². The van der Waals surface area contributed by atoms with Crippen molar-refractivity contribution < 1.29 is 0 Å². The molecule has 0 spiro atoms. The van der Waals surface area contributed by atoms with Crippen LogP contribution < -0.4 is 5.43 Å². The molecular formula is C14H20N2. The smallest absolute Gasteiger partial charge is 0.0565 e. The van der Waals surface area contributed by atoms with Crippen molar-refractivity contribution in [1.82, 2.24) is 5.01 Å². The number of fused-ring (bicyclic) bond motifs is 1. The van der Waals surface area contributed by atoms with Gasteiger partial charge in [-0.1, -0.05) is 38.1 Å². The Bertz CT molecular complexity index is 393. The highest BCUT2D eigenvalue weighted by Gasteiger charge is 2.18. The van der Waals surface area contributed by atoms with Gasteiger partial charge in [0, 0.05) is 18.7 Å². The van der Waals surface area contributed by atoms with Gasteiger partial charge in [-0.25, -0.2) is 5.01 Å². The predicted octanol–water partition coefficient (Wildman–Crippen LogP) is 3.39. The summed E-state index contributed by atoms with van der Waals surface area (Å²) < 4.78 is 0. The molecule has 1 N–H and O–H groups in total. The van der Waals surface area contributed by atoms with Crippen LogP contribution in [0.1, 0.15) is 26.3 Å². The van der Waals surface area contributed by atoms with Crippen molar-refractivity contribution in [2.75, 3.05) is 18.5 Å². The Morgan fingerprint density at radius 2 is 2.12 bits per heavy atom. The molecule has 0 bridgehead atoms. The van der Waals surface area contributed by atoms with Crippen molar-refractivity contribution >= 4 is 11.3 Å². The highest BCUT2D eigenvalue weighted by molar-refractivity contribution is 5.79. The molecule has 0 atom stereocenters. The molecule has 2 nitrogen and oxygen atoms in total. The molecule has 86 valence electrons. The zero-order valence-electron chi connectivity index (χ0n) is 10.3. The molecule has 0 aliphatic carbocycles. The third-order valence-electron chi connectivity index (χ3n) is 2.85. The van der Waals surface area contributed by atoms with Gasteiger partial charge in [0.15, 0.2) is 0 Å². The van der Waals surface area contributed by atoms with Crippen LogP contribution in [0.4, 0.5) is 5.69 Å². The van der Waals surface area contributed by atoms with Crippen LogP contribution in [0.3, 0.4) is 0 Å². The SMILES string of the molecule is C/C=C1/CN(CC(C)C)Nc2ccccc21. The zero-order valence-corrected chi connectivity index (χ0v) is 10.3. The molecule has 1 aliphatic rings. The van der Waals surface area contributed by atoms with E-state index >= 15 is 0 Å². The van der Waals surface area contributed by atoms with Gasteiger partial charge in [0.25, 0.3) is 0 Å². The van der Waals surface area contributed by atoms with Crippen LogP contribution in [0.5, 0.6) is 0 Å². The molecular weight excluding hydrogens is 196 g/mol. The number of hydrazine groups is 1. The molecule has 2 rings (SSSR count). The third-order valence-corrected chi connectivity index (χ3v) is 2.85. The Hall–Kier alpha value is -1.28. The second-order valence-electron chi connectivity index (χ2n) is 4.75. The number of hydrogen-bond donors (Lipinski definition) is 1. The summed E-state index contributed by atoms with van der Waals surface area (Å²) in [6.07, 6.45) is 2.22. The first-order valence-electron chi connectivity index (χ1n) is 5.97. The van der Waals surface area contributed by atoms with Crippen molar-refractivity contribution in [2.45, 2.75) is 20.8 Å². The van der Waals surface area contributed by atoms with Gasteiger partial charge in [0.2, 0.25) is 0 Å². The summed E-state index contributed by atoms with van der Waals surface area (Å²) in [7, 11) is 0. The van der Waals surface area contributed by atoms with E-state index < -0.39 is 0 Å². The van der Waals surface area contributed by atoms with E-state index in [1.165, 1.54) is 16.8 Å². The summed E-state index contributed by atoms with van der Waals surface area (Å²) in [5, 5.41) is 2.29. The van der Waals surface area contributed by atoms with E-state index in [1.807, 2.05) is 0 Å². The van der Waals surface area contributed by atoms with Crippen molar-refractivity contribution in [2.24, 2.45) is 5.92 Å². The van der Waals surface area contributed by atoms with Gasteiger partial charge in [-0.15, -0.1) is 0 Å². The summed E-state index contributed by atoms with van der Waals surface area (Å²) in [4.78, 5) is 0. The highest BCUT2D eigenvalue weighted by atomic mass is 15.5. The van der Waals surface area contributed by atoms with Crippen LogP contribution in [0.25, 0.3) is 5.57 Å². The van der Waals surface area contributed by atoms with Crippen LogP contribution in [-0.2, 0) is 0 Å². The topological polar surface area (TPSA) is 15.3 Å². The standard InChI is InChI=1S/C14H20N2/c1-4-12-10-16(9-11(2)3)15-14-8-6-5-7-13(12)14/h4-8,11,15H,9-10H2,1-3H3/b12-4-. The molecule has 0 radical (unpaired) electrons. The monoisotopic (exact) mass is 216 g/mol. The number of benzene rings is 1. The Morgan fingerprint density at radius 1 is 1.38 bits per heavy atom. The van der Waals surface area contributed by atoms with Crippen molar-refractivity contribution in [1.29, 1.82) is 0 Å². The number of hydrogen-bond acceptors (Lipinski definition) is 2. The molecule has 1 aliphatic heterocycles. The fourth-order valence-electron chi connectivity index (χ4n) is 2.16. The average molecular weight is 216 g/mol. The molecule has 2 heteroatoms. The lowest BCUT2D eigenvalue weighted by atomic mass is 10.0. The van der Waals surface area contributed by atoms with Crippen LogP contribution in [0.15, 0.2) is 30.3 Å². The maximum atomic E-state index is 3.49. The van der Waals surface area contributed by atoms with E-state index in [2.05, 4.69) is 61.5 Å². The number of allylic oxidation sites excluding steroid dienone is 1. The molecule has 1 heterocycles. The first kappa shape index (κ1) is 11.2. The summed E-state index contributed by atoms with van der Waals surface area (Å²) in [5.41, 5.74) is 7.46. The molecule has 16 heavy (non-hydrogen) atoms. The third kappa shape index (κ3) is 2.27. The molecule has 0 saturated carbocycles. The summed E-state index contributed by atoms with van der Waals surface area (Å²) >= 11 is 0. The Morgan fingerprint density at radius 3 is 2.81 bits per heavy atom. The van der Waals surface area contributed by atoms with Crippen LogP contribution in [0.2, 0.25) is 0 Å². The van der Waals surface area contributed by atoms with Crippen molar-refractivity contribution in [3.63, 3.8) is 0 Å². The van der Waals surface area contributed by atoms with Gasteiger partial charge in [0.05, 0.1) is 5.69 Å². The van der Waals surface area contributed by atoms with Gasteiger partial charge in [0.1, 0.15) is 0 Å². The molecule has 0 aromatic heterocycles. The van der Waals surface area contributed by atoms with E-state index in [9.17, 15) is 0 Å². The predicted molar refractivity (Wildman–Crippen MR) is 70.1 cm³/mol. The van der Waals surface area contributed by atoms with E-state index in [1.54, 1.807) is 0 Å². The normalized spacial score (nSPS) is 18.6. The van der Waals surface area contributed by atoms with E-state index in [-0.39, 0.29) is 0 Å². The number of nitrogens with one attached hydrogen (secondary N) is 1. The molecule has 0 fully saturated rings. The first-order valence-corrected chi connectivity index (χ1v) is 5.97.